The third-order valence-electron chi connectivity index (χ3n) is 9.08. The average Bonchev–Trinajstić information content (AvgIpc) is 3.35. The van der Waals surface area contributed by atoms with E-state index in [1.807, 2.05) is 17.0 Å². The van der Waals surface area contributed by atoms with Crippen molar-refractivity contribution >= 4 is 22.9 Å². The van der Waals surface area contributed by atoms with E-state index in [2.05, 4.69) is 9.88 Å². The molecule has 9 nitrogen and oxygen atoms in total. The maximum absolute atomic E-state index is 13.7. The Hall–Kier alpha value is -4.45. The second-order valence-electron chi connectivity index (χ2n) is 12.0. The van der Waals surface area contributed by atoms with Crippen molar-refractivity contribution in [1.29, 1.82) is 0 Å². The Kier molecular flexibility index (Phi) is 9.25. The van der Waals surface area contributed by atoms with E-state index in [1.165, 1.54) is 16.2 Å². The molecule has 2 aliphatic heterocycles. The number of benzene rings is 2. The molecule has 0 saturated carbocycles. The molecule has 2 aliphatic rings. The van der Waals surface area contributed by atoms with Crippen LogP contribution >= 0.6 is 0 Å². The Bertz CT molecular complexity index is 1720. The van der Waals surface area contributed by atoms with E-state index in [1.54, 1.807) is 47.3 Å². The number of alkyl halides is 3. The first-order valence-electron chi connectivity index (χ1n) is 15.6. The van der Waals surface area contributed by atoms with Crippen LogP contribution in [0.3, 0.4) is 0 Å². The van der Waals surface area contributed by atoms with Gasteiger partial charge in [-0.25, -0.2) is 9.59 Å². The average molecular weight is 636 g/mol. The summed E-state index contributed by atoms with van der Waals surface area (Å²) in [6, 6.07) is 15.4. The van der Waals surface area contributed by atoms with Gasteiger partial charge in [-0.1, -0.05) is 18.2 Å². The fourth-order valence-corrected chi connectivity index (χ4v) is 6.60. The molecule has 2 saturated heterocycles. The predicted molar refractivity (Wildman–Crippen MR) is 165 cm³/mol. The smallest absolute Gasteiger partial charge is 0.416 e. The molecule has 0 atom stereocenters. The molecule has 46 heavy (non-hydrogen) atoms. The largest absolute Gasteiger partial charge is 0.460 e. The minimum Gasteiger partial charge on any atom is -0.460 e. The van der Waals surface area contributed by atoms with Crippen molar-refractivity contribution in [2.45, 2.75) is 51.0 Å². The van der Waals surface area contributed by atoms with Crippen molar-refractivity contribution in [2.24, 2.45) is 5.92 Å². The molecule has 0 bridgehead atoms. The second-order valence-corrected chi connectivity index (χ2v) is 12.0. The molecule has 4 aromatic rings. The van der Waals surface area contributed by atoms with E-state index in [0.717, 1.165) is 44.6 Å². The van der Waals surface area contributed by atoms with E-state index >= 15 is 0 Å². The number of imidazole rings is 1. The number of esters is 1. The number of rotatable bonds is 8. The molecule has 0 N–H and O–H groups in total. The van der Waals surface area contributed by atoms with Gasteiger partial charge >= 0.3 is 17.8 Å². The zero-order valence-electron chi connectivity index (χ0n) is 25.4. The van der Waals surface area contributed by atoms with Crippen LogP contribution in [0.2, 0.25) is 0 Å². The molecular weight excluding hydrogens is 599 g/mol. The summed E-state index contributed by atoms with van der Waals surface area (Å²) < 4.78 is 49.1. The normalized spacial score (nSPS) is 17.0. The Labute approximate surface area is 264 Å². The number of carbonyl (C=O) groups is 2. The van der Waals surface area contributed by atoms with Gasteiger partial charge in [-0.2, -0.15) is 13.2 Å². The van der Waals surface area contributed by atoms with Crippen molar-refractivity contribution in [1.82, 2.24) is 23.9 Å². The van der Waals surface area contributed by atoms with Crippen LogP contribution in [0.4, 0.5) is 13.2 Å². The molecule has 0 spiro atoms. The van der Waals surface area contributed by atoms with Crippen LogP contribution in [-0.2, 0) is 28.8 Å². The van der Waals surface area contributed by atoms with Gasteiger partial charge in [0.2, 0.25) is 5.91 Å². The zero-order valence-corrected chi connectivity index (χ0v) is 25.4. The summed E-state index contributed by atoms with van der Waals surface area (Å²) in [7, 11) is 0. The first-order chi connectivity index (χ1) is 22.2. The molecule has 4 heterocycles. The van der Waals surface area contributed by atoms with Gasteiger partial charge in [0.05, 0.1) is 28.7 Å². The van der Waals surface area contributed by atoms with Gasteiger partial charge in [0.15, 0.2) is 0 Å². The van der Waals surface area contributed by atoms with E-state index in [4.69, 9.17) is 4.74 Å². The van der Waals surface area contributed by atoms with Gasteiger partial charge in [-0.15, -0.1) is 0 Å². The van der Waals surface area contributed by atoms with Crippen molar-refractivity contribution in [2.75, 3.05) is 32.8 Å². The number of amides is 1. The molecule has 0 unspecified atom stereocenters. The minimum atomic E-state index is -4.59. The van der Waals surface area contributed by atoms with Crippen LogP contribution < -0.4 is 5.69 Å². The Morgan fingerprint density at radius 1 is 0.870 bits per heavy atom. The van der Waals surface area contributed by atoms with Gasteiger partial charge in [0.25, 0.3) is 0 Å². The lowest BCUT2D eigenvalue weighted by atomic mass is 9.93. The standard InChI is InChI=1S/C34H36F3N5O4/c35-34(36,37)27-6-7-29-30(22-27)41(20-21-46-32(44)26-4-2-1-3-5-26)33(45)42(29)28-12-18-40(19-13-28)31(43)25-10-16-39(17-11-25)23-24-8-14-38-15-9-24/h1-9,14-15,22,25,28H,10-13,16-21,23H2. The van der Waals surface area contributed by atoms with Crippen LogP contribution in [0.5, 0.6) is 0 Å². The molecular formula is C34H36F3N5O4. The topological polar surface area (TPSA) is 89.7 Å². The summed E-state index contributed by atoms with van der Waals surface area (Å²) in [6.45, 7) is 3.16. The van der Waals surface area contributed by atoms with Gasteiger partial charge in [-0.3, -0.25) is 23.8 Å². The first kappa shape index (κ1) is 31.5. The predicted octanol–water partition coefficient (Wildman–Crippen LogP) is 5.15. The van der Waals surface area contributed by atoms with Crippen LogP contribution in [0.15, 0.2) is 77.9 Å². The molecule has 12 heteroatoms. The Balaban J connectivity index is 1.12. The fraction of sp³-hybridized carbons (Fsp3) is 0.412. The van der Waals surface area contributed by atoms with Crippen molar-refractivity contribution < 1.29 is 27.5 Å². The Morgan fingerprint density at radius 2 is 1.57 bits per heavy atom. The summed E-state index contributed by atoms with van der Waals surface area (Å²) in [5.41, 5.74) is 0.733. The molecule has 2 aromatic carbocycles. The number of halogens is 3. The maximum Gasteiger partial charge on any atom is 0.416 e. The van der Waals surface area contributed by atoms with Gasteiger partial charge in [0, 0.05) is 44.0 Å². The SMILES string of the molecule is O=C(OCCn1c(=O)n(C2CCN(C(=O)C3CCN(Cc4ccncc4)CC3)CC2)c2ccc(C(F)(F)F)cc21)c1ccccc1. The third-order valence-corrected chi connectivity index (χ3v) is 9.08. The zero-order chi connectivity index (χ0) is 32.3. The highest BCUT2D eigenvalue weighted by molar-refractivity contribution is 5.89. The molecule has 6 rings (SSSR count). The Morgan fingerprint density at radius 3 is 2.24 bits per heavy atom. The number of likely N-dealkylation sites (tertiary alicyclic amines) is 2. The number of ether oxygens (including phenoxy) is 1. The number of aromatic nitrogens is 3. The number of pyridine rings is 1. The van der Waals surface area contributed by atoms with Crippen molar-refractivity contribution in [3.8, 4) is 0 Å². The van der Waals surface area contributed by atoms with Crippen LogP contribution in [-0.4, -0.2) is 68.6 Å². The van der Waals surface area contributed by atoms with E-state index in [9.17, 15) is 27.6 Å². The molecule has 0 radical (unpaired) electrons. The minimum absolute atomic E-state index is 0.0470. The highest BCUT2D eigenvalue weighted by Gasteiger charge is 2.34. The lowest BCUT2D eigenvalue weighted by Crippen LogP contribution is -2.46. The lowest BCUT2D eigenvalue weighted by molar-refractivity contribution is -0.138. The van der Waals surface area contributed by atoms with E-state index in [0.29, 0.717) is 37.0 Å². The van der Waals surface area contributed by atoms with Gasteiger partial charge in [0.1, 0.15) is 6.61 Å². The highest BCUT2D eigenvalue weighted by atomic mass is 19.4. The highest BCUT2D eigenvalue weighted by Crippen LogP contribution is 2.33. The molecule has 1 amide bonds. The summed E-state index contributed by atoms with van der Waals surface area (Å²) in [6.07, 6.45) is 1.57. The van der Waals surface area contributed by atoms with Crippen LogP contribution in [0, 0.1) is 5.92 Å². The number of hydrogen-bond acceptors (Lipinski definition) is 6. The molecule has 2 fully saturated rings. The van der Waals surface area contributed by atoms with Crippen LogP contribution in [0.25, 0.3) is 11.0 Å². The van der Waals surface area contributed by atoms with E-state index < -0.39 is 23.4 Å². The fourth-order valence-electron chi connectivity index (χ4n) is 6.60. The number of hydrogen-bond donors (Lipinski definition) is 0. The monoisotopic (exact) mass is 635 g/mol. The number of fused-ring (bicyclic) bond motifs is 1. The second kappa shape index (κ2) is 13.5. The van der Waals surface area contributed by atoms with Gasteiger partial charge < -0.3 is 9.64 Å². The quantitative estimate of drug-likeness (QED) is 0.249. The first-order valence-corrected chi connectivity index (χ1v) is 15.6. The summed E-state index contributed by atoms with van der Waals surface area (Å²) in [5.74, 6) is -0.495. The van der Waals surface area contributed by atoms with E-state index in [-0.39, 0.29) is 36.5 Å². The number of carbonyl (C=O) groups excluding carboxylic acids is 2. The van der Waals surface area contributed by atoms with Crippen molar-refractivity contribution in [3.05, 3.63) is 100 Å². The van der Waals surface area contributed by atoms with Gasteiger partial charge in [-0.05, 0) is 86.8 Å². The number of piperidine rings is 2. The lowest BCUT2D eigenvalue weighted by Gasteiger charge is -2.37. The molecule has 242 valence electrons. The summed E-state index contributed by atoms with van der Waals surface area (Å²) in [5, 5.41) is 0. The summed E-state index contributed by atoms with van der Waals surface area (Å²) in [4.78, 5) is 47.9. The van der Waals surface area contributed by atoms with Crippen LogP contribution in [0.1, 0.15) is 53.2 Å². The molecule has 0 aliphatic carbocycles. The van der Waals surface area contributed by atoms with Crippen molar-refractivity contribution in [3.63, 3.8) is 0 Å². The third kappa shape index (κ3) is 6.86. The molecule has 2 aromatic heterocycles. The maximum atomic E-state index is 13.7. The summed E-state index contributed by atoms with van der Waals surface area (Å²) >= 11 is 0. The number of nitrogens with zero attached hydrogens (tertiary/aromatic N) is 5.